The summed E-state index contributed by atoms with van der Waals surface area (Å²) in [5.74, 6) is 1.53. The smallest absolute Gasteiger partial charge is 0.124 e. The molecule has 0 radical (unpaired) electrons. The van der Waals surface area contributed by atoms with Gasteiger partial charge in [0.1, 0.15) is 5.75 Å². The zero-order valence-electron chi connectivity index (χ0n) is 13.0. The van der Waals surface area contributed by atoms with Crippen molar-refractivity contribution in [2.24, 2.45) is 0 Å². The highest BCUT2D eigenvalue weighted by molar-refractivity contribution is 5.65. The highest BCUT2D eigenvalue weighted by Gasteiger charge is 2.26. The molecule has 2 aromatic rings. The highest BCUT2D eigenvalue weighted by Crippen LogP contribution is 2.41. The molecule has 0 aromatic heterocycles. The van der Waals surface area contributed by atoms with Gasteiger partial charge in [-0.2, -0.15) is 0 Å². The molecule has 1 unspecified atom stereocenters. The molecule has 1 aliphatic heterocycles. The third kappa shape index (κ3) is 2.63. The van der Waals surface area contributed by atoms with Gasteiger partial charge in [-0.05, 0) is 36.5 Å². The molecular weight excluding hydrogens is 258 g/mol. The summed E-state index contributed by atoms with van der Waals surface area (Å²) in [7, 11) is 0. The van der Waals surface area contributed by atoms with Crippen LogP contribution < -0.4 is 10.1 Å². The van der Waals surface area contributed by atoms with Gasteiger partial charge >= 0.3 is 0 Å². The van der Waals surface area contributed by atoms with E-state index < -0.39 is 0 Å². The number of ether oxygens (including phenoxy) is 1. The zero-order chi connectivity index (χ0) is 14.8. The van der Waals surface area contributed by atoms with Gasteiger partial charge in [-0.15, -0.1) is 0 Å². The highest BCUT2D eigenvalue weighted by atomic mass is 16.5. The summed E-state index contributed by atoms with van der Waals surface area (Å²) < 4.78 is 5.79. The summed E-state index contributed by atoms with van der Waals surface area (Å²) in [6.07, 6.45) is 1.03. The summed E-state index contributed by atoms with van der Waals surface area (Å²) in [6, 6.07) is 15.3. The van der Waals surface area contributed by atoms with E-state index in [1.165, 1.54) is 22.4 Å². The zero-order valence-corrected chi connectivity index (χ0v) is 13.0. The van der Waals surface area contributed by atoms with Crippen molar-refractivity contribution >= 4 is 5.69 Å². The van der Waals surface area contributed by atoms with Gasteiger partial charge in [0, 0.05) is 11.3 Å². The van der Waals surface area contributed by atoms with Crippen LogP contribution in [-0.4, -0.2) is 6.61 Å². The number of anilines is 1. The molecular formula is C19H23NO. The molecule has 1 atom stereocenters. The molecule has 0 aliphatic carbocycles. The Morgan fingerprint density at radius 1 is 1.14 bits per heavy atom. The summed E-state index contributed by atoms with van der Waals surface area (Å²) >= 11 is 0. The van der Waals surface area contributed by atoms with E-state index >= 15 is 0 Å². The number of nitrogens with one attached hydrogen (secondary N) is 1. The normalized spacial score (nSPS) is 16.7. The maximum Gasteiger partial charge on any atom is 0.124 e. The first-order valence-corrected chi connectivity index (χ1v) is 7.80. The first-order valence-electron chi connectivity index (χ1n) is 7.80. The predicted octanol–water partition coefficient (Wildman–Crippen LogP) is 4.92. The van der Waals surface area contributed by atoms with E-state index in [-0.39, 0.29) is 0 Å². The lowest BCUT2D eigenvalue weighted by atomic mass is 9.97. The fourth-order valence-electron chi connectivity index (χ4n) is 3.14. The van der Waals surface area contributed by atoms with Crippen LogP contribution in [0.5, 0.6) is 5.75 Å². The van der Waals surface area contributed by atoms with Gasteiger partial charge in [0.05, 0.1) is 12.6 Å². The third-order valence-corrected chi connectivity index (χ3v) is 4.14. The number of para-hydroxylation sites is 2. The van der Waals surface area contributed by atoms with Crippen LogP contribution in [0.2, 0.25) is 0 Å². The summed E-state index contributed by atoms with van der Waals surface area (Å²) in [4.78, 5) is 0. The number of benzene rings is 2. The SMILES string of the molecule is CCOc1ccccc1C1Cc2cccc(C(C)C)c2N1. The van der Waals surface area contributed by atoms with Gasteiger partial charge in [-0.1, -0.05) is 50.2 Å². The molecule has 1 N–H and O–H groups in total. The molecule has 2 aromatic carbocycles. The summed E-state index contributed by atoms with van der Waals surface area (Å²) in [5.41, 5.74) is 5.40. The molecule has 0 spiro atoms. The molecule has 0 fully saturated rings. The van der Waals surface area contributed by atoms with Crippen LogP contribution in [0.15, 0.2) is 42.5 Å². The van der Waals surface area contributed by atoms with E-state index in [9.17, 15) is 0 Å². The topological polar surface area (TPSA) is 21.3 Å². The second-order valence-corrected chi connectivity index (χ2v) is 5.91. The molecule has 0 bridgehead atoms. The fourth-order valence-corrected chi connectivity index (χ4v) is 3.14. The monoisotopic (exact) mass is 281 g/mol. The minimum atomic E-state index is 0.308. The van der Waals surface area contributed by atoms with Crippen molar-refractivity contribution in [1.82, 2.24) is 0 Å². The lowest BCUT2D eigenvalue weighted by molar-refractivity contribution is 0.335. The second-order valence-electron chi connectivity index (χ2n) is 5.91. The van der Waals surface area contributed by atoms with Crippen LogP contribution in [0.25, 0.3) is 0 Å². The Balaban J connectivity index is 1.93. The Bertz CT molecular complexity index is 633. The average Bonchev–Trinajstić information content (AvgIpc) is 2.91. The van der Waals surface area contributed by atoms with E-state index in [4.69, 9.17) is 4.74 Å². The van der Waals surface area contributed by atoms with E-state index in [1.54, 1.807) is 0 Å². The van der Waals surface area contributed by atoms with Crippen LogP contribution >= 0.6 is 0 Å². The lowest BCUT2D eigenvalue weighted by Crippen LogP contribution is -2.09. The van der Waals surface area contributed by atoms with Gasteiger partial charge in [0.2, 0.25) is 0 Å². The van der Waals surface area contributed by atoms with Crippen molar-refractivity contribution in [3.63, 3.8) is 0 Å². The average molecular weight is 281 g/mol. The van der Waals surface area contributed by atoms with Gasteiger partial charge in [0.15, 0.2) is 0 Å². The molecule has 2 heteroatoms. The Hall–Kier alpha value is -1.96. The molecule has 1 aliphatic rings. The van der Waals surface area contributed by atoms with Crippen molar-refractivity contribution in [2.75, 3.05) is 11.9 Å². The Morgan fingerprint density at radius 2 is 1.95 bits per heavy atom. The van der Waals surface area contributed by atoms with Crippen molar-refractivity contribution < 1.29 is 4.74 Å². The summed E-state index contributed by atoms with van der Waals surface area (Å²) in [5, 5.41) is 3.72. The quantitative estimate of drug-likeness (QED) is 0.859. The maximum atomic E-state index is 5.79. The maximum absolute atomic E-state index is 5.79. The predicted molar refractivity (Wildman–Crippen MR) is 88.2 cm³/mol. The molecule has 1 heterocycles. The van der Waals surface area contributed by atoms with E-state index in [0.29, 0.717) is 18.6 Å². The lowest BCUT2D eigenvalue weighted by Gasteiger charge is -2.18. The number of hydrogen-bond donors (Lipinski definition) is 1. The second kappa shape index (κ2) is 5.80. The van der Waals surface area contributed by atoms with Crippen molar-refractivity contribution in [3.05, 3.63) is 59.2 Å². The van der Waals surface area contributed by atoms with Crippen molar-refractivity contribution in [1.29, 1.82) is 0 Å². The van der Waals surface area contributed by atoms with Gasteiger partial charge in [-0.25, -0.2) is 0 Å². The van der Waals surface area contributed by atoms with E-state index in [1.807, 2.05) is 13.0 Å². The van der Waals surface area contributed by atoms with Gasteiger partial charge < -0.3 is 10.1 Å². The van der Waals surface area contributed by atoms with E-state index in [0.717, 1.165) is 12.2 Å². The molecule has 3 rings (SSSR count). The first kappa shape index (κ1) is 14.0. The van der Waals surface area contributed by atoms with Gasteiger partial charge in [-0.3, -0.25) is 0 Å². The molecule has 0 amide bonds. The standard InChI is InChI=1S/C19H23NO/c1-4-21-18-11-6-5-9-16(18)17-12-14-8-7-10-15(13(2)3)19(14)20-17/h5-11,13,17,20H,4,12H2,1-3H3. The van der Waals surface area contributed by atoms with Crippen LogP contribution in [0, 0.1) is 0 Å². The minimum Gasteiger partial charge on any atom is -0.494 e. The molecule has 0 saturated carbocycles. The van der Waals surface area contributed by atoms with Crippen molar-refractivity contribution in [2.45, 2.75) is 39.2 Å². The number of hydrogen-bond acceptors (Lipinski definition) is 2. The number of fused-ring (bicyclic) bond motifs is 1. The summed E-state index contributed by atoms with van der Waals surface area (Å²) in [6.45, 7) is 7.23. The van der Waals surface area contributed by atoms with Crippen LogP contribution in [0.4, 0.5) is 5.69 Å². The van der Waals surface area contributed by atoms with Gasteiger partial charge in [0.25, 0.3) is 0 Å². The minimum absolute atomic E-state index is 0.308. The van der Waals surface area contributed by atoms with Crippen LogP contribution in [0.1, 0.15) is 49.4 Å². The Kier molecular flexibility index (Phi) is 3.87. The fraction of sp³-hybridized carbons (Fsp3) is 0.368. The van der Waals surface area contributed by atoms with E-state index in [2.05, 4.69) is 55.6 Å². The Labute approximate surface area is 127 Å². The van der Waals surface area contributed by atoms with Crippen molar-refractivity contribution in [3.8, 4) is 5.75 Å². The third-order valence-electron chi connectivity index (χ3n) is 4.14. The largest absolute Gasteiger partial charge is 0.494 e. The van der Waals surface area contributed by atoms with Crippen LogP contribution in [-0.2, 0) is 6.42 Å². The first-order chi connectivity index (χ1) is 10.2. The Morgan fingerprint density at radius 3 is 2.71 bits per heavy atom. The number of rotatable bonds is 4. The molecule has 2 nitrogen and oxygen atoms in total. The molecule has 21 heavy (non-hydrogen) atoms. The van der Waals surface area contributed by atoms with Crippen LogP contribution in [0.3, 0.4) is 0 Å². The molecule has 110 valence electrons. The molecule has 0 saturated heterocycles.